The van der Waals surface area contributed by atoms with Crippen molar-refractivity contribution >= 4 is 80.3 Å². The summed E-state index contributed by atoms with van der Waals surface area (Å²) < 4.78 is 5.09. The smallest absolute Gasteiger partial charge is 0.341 e. The van der Waals surface area contributed by atoms with Gasteiger partial charge in [0.25, 0.3) is 17.5 Å². The number of carbonyl (C=O) groups excluding carboxylic acids is 3. The van der Waals surface area contributed by atoms with Gasteiger partial charge in [0.2, 0.25) is 0 Å². The molecule has 0 aliphatic carbocycles. The van der Waals surface area contributed by atoms with E-state index >= 15 is 0 Å². The third-order valence-corrected chi connectivity index (χ3v) is 6.73. The molecule has 0 fully saturated rings. The van der Waals surface area contributed by atoms with Crippen LogP contribution < -0.4 is 10.6 Å². The molecule has 2 aromatic carbocycles. The van der Waals surface area contributed by atoms with E-state index in [1.165, 1.54) is 31.2 Å². The Balaban J connectivity index is 1.98. The number of nitrogens with zero attached hydrogens (tertiary/aromatic N) is 1. The number of nitro benzene ring substituents is 1. The molecule has 182 valence electrons. The van der Waals surface area contributed by atoms with Crippen LogP contribution in [0.15, 0.2) is 36.4 Å². The second-order valence-electron chi connectivity index (χ2n) is 6.94. The molecule has 13 heteroatoms. The minimum atomic E-state index is -0.751. The van der Waals surface area contributed by atoms with Gasteiger partial charge in [-0.1, -0.05) is 34.8 Å². The van der Waals surface area contributed by atoms with Gasteiger partial charge in [-0.15, -0.1) is 11.3 Å². The van der Waals surface area contributed by atoms with Gasteiger partial charge in [-0.05, 0) is 49.7 Å². The number of anilines is 2. The van der Waals surface area contributed by atoms with Crippen LogP contribution in [0.3, 0.4) is 0 Å². The maximum atomic E-state index is 13.0. The molecule has 3 rings (SSSR count). The minimum absolute atomic E-state index is 0.0176. The number of nitro groups is 1. The summed E-state index contributed by atoms with van der Waals surface area (Å²) in [6.45, 7) is 3.20. The number of nitrogens with one attached hydrogen (secondary N) is 2. The van der Waals surface area contributed by atoms with Gasteiger partial charge in [0, 0.05) is 16.7 Å². The minimum Gasteiger partial charge on any atom is -0.462 e. The predicted octanol–water partition coefficient (Wildman–Crippen LogP) is 6.61. The average molecular weight is 557 g/mol. The Bertz CT molecular complexity index is 1360. The summed E-state index contributed by atoms with van der Waals surface area (Å²) in [7, 11) is 0. The molecule has 0 atom stereocenters. The Kier molecular flexibility index (Phi) is 8.34. The van der Waals surface area contributed by atoms with Crippen molar-refractivity contribution in [1.29, 1.82) is 0 Å². The number of rotatable bonds is 7. The monoisotopic (exact) mass is 555 g/mol. The number of benzene rings is 2. The van der Waals surface area contributed by atoms with Crippen molar-refractivity contribution in [2.45, 2.75) is 13.8 Å². The van der Waals surface area contributed by atoms with Crippen molar-refractivity contribution in [3.63, 3.8) is 0 Å². The van der Waals surface area contributed by atoms with E-state index in [2.05, 4.69) is 10.6 Å². The van der Waals surface area contributed by atoms with Crippen molar-refractivity contribution in [3.8, 4) is 0 Å². The van der Waals surface area contributed by atoms with Gasteiger partial charge in [-0.3, -0.25) is 19.7 Å². The summed E-state index contributed by atoms with van der Waals surface area (Å²) in [6, 6.07) is 8.06. The van der Waals surface area contributed by atoms with Crippen molar-refractivity contribution in [3.05, 3.63) is 83.1 Å². The number of hydrogen-bond donors (Lipinski definition) is 2. The molecule has 1 aromatic heterocycles. The molecule has 0 radical (unpaired) electrons. The third-order valence-electron chi connectivity index (χ3n) is 4.64. The van der Waals surface area contributed by atoms with E-state index in [0.717, 1.165) is 17.4 Å². The Hall–Kier alpha value is -3.18. The van der Waals surface area contributed by atoms with E-state index in [9.17, 15) is 24.5 Å². The fourth-order valence-electron chi connectivity index (χ4n) is 3.01. The molecule has 0 saturated carbocycles. The predicted molar refractivity (Wildman–Crippen MR) is 135 cm³/mol. The van der Waals surface area contributed by atoms with Gasteiger partial charge in [0.15, 0.2) is 0 Å². The average Bonchev–Trinajstić information content (AvgIpc) is 3.12. The molecule has 0 spiro atoms. The first-order chi connectivity index (χ1) is 16.5. The van der Waals surface area contributed by atoms with Crippen LogP contribution in [-0.2, 0) is 4.74 Å². The number of amides is 2. The number of carbonyl (C=O) groups is 3. The van der Waals surface area contributed by atoms with Crippen LogP contribution in [0, 0.1) is 17.0 Å². The Morgan fingerprint density at radius 1 is 1.03 bits per heavy atom. The molecule has 0 bridgehead atoms. The van der Waals surface area contributed by atoms with E-state index in [1.807, 2.05) is 0 Å². The van der Waals surface area contributed by atoms with Crippen molar-refractivity contribution in [1.82, 2.24) is 0 Å². The van der Waals surface area contributed by atoms with Gasteiger partial charge < -0.3 is 15.4 Å². The molecule has 2 N–H and O–H groups in total. The normalized spacial score (nSPS) is 10.5. The summed E-state index contributed by atoms with van der Waals surface area (Å²) in [5.41, 5.74) is -0.0179. The lowest BCUT2D eigenvalue weighted by atomic mass is 10.1. The number of thiophene rings is 1. The van der Waals surface area contributed by atoms with Gasteiger partial charge in [-0.25, -0.2) is 4.79 Å². The van der Waals surface area contributed by atoms with Crippen LogP contribution in [-0.4, -0.2) is 29.3 Å². The topological polar surface area (TPSA) is 128 Å². The quantitative estimate of drug-likeness (QED) is 0.192. The first kappa shape index (κ1) is 26.4. The first-order valence-electron chi connectivity index (χ1n) is 9.85. The van der Waals surface area contributed by atoms with E-state index in [4.69, 9.17) is 39.5 Å². The van der Waals surface area contributed by atoms with E-state index in [1.54, 1.807) is 13.0 Å². The van der Waals surface area contributed by atoms with Crippen LogP contribution in [0.25, 0.3) is 0 Å². The fourth-order valence-corrected chi connectivity index (χ4v) is 4.62. The lowest BCUT2D eigenvalue weighted by molar-refractivity contribution is -0.384. The summed E-state index contributed by atoms with van der Waals surface area (Å²) >= 11 is 18.7. The molecule has 0 unspecified atom stereocenters. The maximum Gasteiger partial charge on any atom is 0.341 e. The zero-order valence-electron chi connectivity index (χ0n) is 18.1. The van der Waals surface area contributed by atoms with Crippen LogP contribution in [0.5, 0.6) is 0 Å². The second kappa shape index (κ2) is 11.0. The van der Waals surface area contributed by atoms with Crippen LogP contribution in [0.4, 0.5) is 16.4 Å². The highest BCUT2D eigenvalue weighted by Gasteiger charge is 2.28. The molecule has 1 heterocycles. The molecule has 0 saturated heterocycles. The van der Waals surface area contributed by atoms with E-state index < -0.39 is 28.4 Å². The molecular weight excluding hydrogens is 541 g/mol. The lowest BCUT2D eigenvalue weighted by Gasteiger charge is -2.08. The summed E-state index contributed by atoms with van der Waals surface area (Å²) in [6.07, 6.45) is 0. The fraction of sp³-hybridized carbons (Fsp3) is 0.136. The summed E-state index contributed by atoms with van der Waals surface area (Å²) in [5.74, 6) is -2.09. The molecule has 0 aliphatic heterocycles. The van der Waals surface area contributed by atoms with Crippen LogP contribution >= 0.6 is 46.1 Å². The highest BCUT2D eigenvalue weighted by Crippen LogP contribution is 2.36. The van der Waals surface area contributed by atoms with Crippen molar-refractivity contribution in [2.24, 2.45) is 0 Å². The zero-order chi connectivity index (χ0) is 25.9. The molecular formula is C22H16Cl3N3O6S. The van der Waals surface area contributed by atoms with Gasteiger partial charge in [0.1, 0.15) is 10.0 Å². The summed E-state index contributed by atoms with van der Waals surface area (Å²) in [4.78, 5) is 49.0. The number of ether oxygens (including phenoxy) is 1. The standard InChI is InChI=1S/C22H16Cl3N3O6S/c1-3-34-22(31)17-10(2)18(20(30)26-15-9-12(23)5-7-13(15)24)35-21(17)27-19(29)11-4-6-14(25)16(8-11)28(32)33/h4-9H,3H2,1-2H3,(H,26,30)(H,27,29). The number of hydrogen-bond acceptors (Lipinski definition) is 7. The van der Waals surface area contributed by atoms with E-state index in [0.29, 0.717) is 5.02 Å². The number of esters is 1. The highest BCUT2D eigenvalue weighted by molar-refractivity contribution is 7.19. The Morgan fingerprint density at radius 2 is 1.71 bits per heavy atom. The maximum absolute atomic E-state index is 13.0. The number of halogens is 3. The second-order valence-corrected chi connectivity index (χ2v) is 9.21. The third kappa shape index (κ3) is 5.91. The van der Waals surface area contributed by atoms with E-state index in [-0.39, 0.29) is 48.9 Å². The van der Waals surface area contributed by atoms with Gasteiger partial charge in [0.05, 0.1) is 32.7 Å². The molecule has 9 nitrogen and oxygen atoms in total. The highest BCUT2D eigenvalue weighted by atomic mass is 35.5. The lowest BCUT2D eigenvalue weighted by Crippen LogP contribution is -2.15. The molecule has 0 aliphatic rings. The SMILES string of the molecule is CCOC(=O)c1c(NC(=O)c2ccc(Cl)c([N+](=O)[O-])c2)sc(C(=O)Nc2cc(Cl)ccc2Cl)c1C. The molecule has 35 heavy (non-hydrogen) atoms. The first-order valence-corrected chi connectivity index (χ1v) is 11.8. The molecule has 3 aromatic rings. The van der Waals surface area contributed by atoms with Crippen LogP contribution in [0.2, 0.25) is 15.1 Å². The van der Waals surface area contributed by atoms with Crippen LogP contribution in [0.1, 0.15) is 42.9 Å². The van der Waals surface area contributed by atoms with Crippen molar-refractivity contribution in [2.75, 3.05) is 17.2 Å². The Morgan fingerprint density at radius 3 is 2.37 bits per heavy atom. The van der Waals surface area contributed by atoms with Gasteiger partial charge >= 0.3 is 5.97 Å². The van der Waals surface area contributed by atoms with Crippen molar-refractivity contribution < 1.29 is 24.0 Å². The summed E-state index contributed by atoms with van der Waals surface area (Å²) in [5, 5.41) is 16.8. The largest absolute Gasteiger partial charge is 0.462 e. The Labute approximate surface area is 218 Å². The van der Waals surface area contributed by atoms with Gasteiger partial charge in [-0.2, -0.15) is 0 Å². The molecule has 2 amide bonds. The zero-order valence-corrected chi connectivity index (χ0v) is 21.2.